The van der Waals surface area contributed by atoms with Crippen LogP contribution in [-0.2, 0) is 4.74 Å². The molecule has 0 fully saturated rings. The van der Waals surface area contributed by atoms with Gasteiger partial charge in [-0.2, -0.15) is 24.9 Å². The minimum absolute atomic E-state index is 0.184. The van der Waals surface area contributed by atoms with Crippen molar-refractivity contribution in [3.8, 4) is 0 Å². The molecule has 0 aliphatic rings. The Morgan fingerprint density at radius 1 is 1.32 bits per heavy atom. The second-order valence-electron chi connectivity index (χ2n) is 6.07. The van der Waals surface area contributed by atoms with E-state index in [2.05, 4.69) is 20.3 Å². The second-order valence-corrected chi connectivity index (χ2v) is 8.12. The SMILES string of the molecule is COC(C)C[C@@H](O)n1cnc2c(NCCSC)nc(SCCC(F)(F)F)nc21. The van der Waals surface area contributed by atoms with Gasteiger partial charge >= 0.3 is 6.18 Å². The minimum atomic E-state index is -4.23. The number of aromatic nitrogens is 4. The number of alkyl halides is 3. The zero-order chi connectivity index (χ0) is 20.7. The first-order valence-electron chi connectivity index (χ1n) is 8.63. The molecule has 2 aromatic heterocycles. The van der Waals surface area contributed by atoms with Crippen LogP contribution >= 0.6 is 23.5 Å². The Kier molecular flexibility index (Phi) is 8.65. The number of hydrogen-bond acceptors (Lipinski definition) is 8. The summed E-state index contributed by atoms with van der Waals surface area (Å²) in [6.45, 7) is 2.45. The Balaban J connectivity index is 2.31. The molecule has 0 saturated carbocycles. The molecular weight excluding hydrogens is 415 g/mol. The van der Waals surface area contributed by atoms with Crippen molar-refractivity contribution < 1.29 is 23.0 Å². The fourth-order valence-electron chi connectivity index (χ4n) is 2.34. The maximum absolute atomic E-state index is 12.4. The molecular formula is C16H24F3N5O2S2. The van der Waals surface area contributed by atoms with Crippen molar-refractivity contribution in [3.63, 3.8) is 0 Å². The highest BCUT2D eigenvalue weighted by atomic mass is 32.2. The first-order valence-corrected chi connectivity index (χ1v) is 11.0. The van der Waals surface area contributed by atoms with Gasteiger partial charge < -0.3 is 15.2 Å². The van der Waals surface area contributed by atoms with E-state index < -0.39 is 18.8 Å². The molecule has 1 unspecified atom stereocenters. The number of anilines is 1. The van der Waals surface area contributed by atoms with E-state index >= 15 is 0 Å². The molecule has 2 heterocycles. The van der Waals surface area contributed by atoms with Crippen molar-refractivity contribution in [1.29, 1.82) is 0 Å². The van der Waals surface area contributed by atoms with Crippen molar-refractivity contribution in [2.24, 2.45) is 0 Å². The zero-order valence-electron chi connectivity index (χ0n) is 15.9. The summed E-state index contributed by atoms with van der Waals surface area (Å²) >= 11 is 2.57. The maximum atomic E-state index is 12.4. The van der Waals surface area contributed by atoms with Crippen LogP contribution in [0.2, 0.25) is 0 Å². The van der Waals surface area contributed by atoms with Gasteiger partial charge in [0.25, 0.3) is 0 Å². The number of methoxy groups -OCH3 is 1. The highest BCUT2D eigenvalue weighted by molar-refractivity contribution is 7.99. The van der Waals surface area contributed by atoms with Crippen LogP contribution in [0.15, 0.2) is 11.5 Å². The van der Waals surface area contributed by atoms with Crippen LogP contribution in [0, 0.1) is 0 Å². The number of thioether (sulfide) groups is 2. The van der Waals surface area contributed by atoms with Gasteiger partial charge in [-0.25, -0.2) is 15.0 Å². The van der Waals surface area contributed by atoms with E-state index in [0.717, 1.165) is 17.5 Å². The molecule has 158 valence electrons. The lowest BCUT2D eigenvalue weighted by Gasteiger charge is -2.17. The Morgan fingerprint density at radius 2 is 2.07 bits per heavy atom. The normalized spacial score (nSPS) is 14.4. The Hall–Kier alpha value is -1.24. The third kappa shape index (κ3) is 6.68. The summed E-state index contributed by atoms with van der Waals surface area (Å²) in [5.41, 5.74) is 0.831. The lowest BCUT2D eigenvalue weighted by Crippen LogP contribution is -2.16. The minimum Gasteiger partial charge on any atom is -0.382 e. The number of hydrogen-bond donors (Lipinski definition) is 2. The summed E-state index contributed by atoms with van der Waals surface area (Å²) in [4.78, 5) is 13.0. The fraction of sp³-hybridized carbons (Fsp3) is 0.688. The predicted octanol–water partition coefficient (Wildman–Crippen LogP) is 3.56. The highest BCUT2D eigenvalue weighted by Gasteiger charge is 2.27. The zero-order valence-corrected chi connectivity index (χ0v) is 17.5. The van der Waals surface area contributed by atoms with Crippen LogP contribution in [0.25, 0.3) is 11.2 Å². The van der Waals surface area contributed by atoms with Gasteiger partial charge in [-0.05, 0) is 13.2 Å². The average molecular weight is 440 g/mol. The number of ether oxygens (including phenoxy) is 1. The summed E-state index contributed by atoms with van der Waals surface area (Å²) < 4.78 is 44.0. The van der Waals surface area contributed by atoms with Gasteiger partial charge in [0.05, 0.1) is 18.9 Å². The lowest BCUT2D eigenvalue weighted by molar-refractivity contribution is -0.129. The molecule has 2 rings (SSSR count). The number of nitrogens with one attached hydrogen (secondary N) is 1. The molecule has 0 aromatic carbocycles. The molecule has 0 amide bonds. The van der Waals surface area contributed by atoms with Crippen molar-refractivity contribution >= 4 is 40.5 Å². The second kappa shape index (κ2) is 10.5. The molecule has 0 bridgehead atoms. The Morgan fingerprint density at radius 3 is 2.71 bits per heavy atom. The molecule has 0 aliphatic heterocycles. The Labute approximate surface area is 169 Å². The number of aliphatic hydroxyl groups excluding tert-OH is 1. The number of imidazole rings is 1. The van der Waals surface area contributed by atoms with E-state index in [9.17, 15) is 18.3 Å². The van der Waals surface area contributed by atoms with Gasteiger partial charge in [-0.15, -0.1) is 0 Å². The third-order valence-corrected chi connectivity index (χ3v) is 5.34. The molecule has 2 atom stereocenters. The number of rotatable bonds is 11. The molecule has 2 aromatic rings. The van der Waals surface area contributed by atoms with Crippen LogP contribution in [0.4, 0.5) is 19.0 Å². The van der Waals surface area contributed by atoms with Crippen LogP contribution < -0.4 is 5.32 Å². The number of fused-ring (bicyclic) bond motifs is 1. The molecule has 7 nitrogen and oxygen atoms in total. The van der Waals surface area contributed by atoms with Crippen LogP contribution in [0.3, 0.4) is 0 Å². The first-order chi connectivity index (χ1) is 13.2. The number of nitrogens with zero attached hydrogens (tertiary/aromatic N) is 4. The molecule has 0 aliphatic carbocycles. The maximum Gasteiger partial charge on any atom is 0.389 e. The lowest BCUT2D eigenvalue weighted by atomic mass is 10.2. The monoisotopic (exact) mass is 439 g/mol. The molecule has 12 heteroatoms. The van der Waals surface area contributed by atoms with Crippen LogP contribution in [0.1, 0.15) is 26.0 Å². The number of aliphatic hydroxyl groups is 1. The summed E-state index contributed by atoms with van der Waals surface area (Å²) in [6.07, 6.45) is -2.53. The average Bonchev–Trinajstić information content (AvgIpc) is 3.05. The van der Waals surface area contributed by atoms with Gasteiger partial charge in [0.15, 0.2) is 22.1 Å². The van der Waals surface area contributed by atoms with Gasteiger partial charge in [-0.3, -0.25) is 4.57 Å². The van der Waals surface area contributed by atoms with Gasteiger partial charge in [0.1, 0.15) is 6.23 Å². The van der Waals surface area contributed by atoms with Crippen molar-refractivity contribution in [2.75, 3.05) is 36.7 Å². The molecule has 28 heavy (non-hydrogen) atoms. The van der Waals surface area contributed by atoms with E-state index in [1.165, 1.54) is 10.9 Å². The summed E-state index contributed by atoms with van der Waals surface area (Å²) in [7, 11) is 1.55. The first kappa shape index (κ1) is 23.0. The molecule has 0 radical (unpaired) electrons. The summed E-state index contributed by atoms with van der Waals surface area (Å²) in [5.74, 6) is 1.09. The van der Waals surface area contributed by atoms with E-state index in [4.69, 9.17) is 4.74 Å². The quantitative estimate of drug-likeness (QED) is 0.312. The fourth-order valence-corrected chi connectivity index (χ4v) is 3.47. The topological polar surface area (TPSA) is 85.1 Å². The largest absolute Gasteiger partial charge is 0.389 e. The van der Waals surface area contributed by atoms with Crippen molar-refractivity contribution in [1.82, 2.24) is 19.5 Å². The standard InChI is InChI=1S/C16H24F3N5O2S2/c1-10(26-2)8-11(25)24-9-21-12-13(20-5-7-27-3)22-15(23-14(12)24)28-6-4-16(17,18)19/h9-11,25H,4-8H2,1-3H3,(H,20,22,23)/t10?,11-/m1/s1. The van der Waals surface area contributed by atoms with Crippen molar-refractivity contribution in [3.05, 3.63) is 6.33 Å². The summed E-state index contributed by atoms with van der Waals surface area (Å²) in [5, 5.41) is 13.8. The van der Waals surface area contributed by atoms with Gasteiger partial charge in [-0.1, -0.05) is 11.8 Å². The van der Waals surface area contributed by atoms with Crippen LogP contribution in [-0.4, -0.2) is 68.3 Å². The predicted molar refractivity (Wildman–Crippen MR) is 106 cm³/mol. The molecule has 0 saturated heterocycles. The van der Waals surface area contributed by atoms with Crippen molar-refractivity contribution in [2.45, 2.75) is 43.4 Å². The Bertz CT molecular complexity index is 760. The highest BCUT2D eigenvalue weighted by Crippen LogP contribution is 2.29. The van der Waals surface area contributed by atoms with E-state index in [-0.39, 0.29) is 17.0 Å². The van der Waals surface area contributed by atoms with Gasteiger partial charge in [0, 0.05) is 31.6 Å². The third-order valence-electron chi connectivity index (χ3n) is 3.88. The smallest absolute Gasteiger partial charge is 0.382 e. The summed E-state index contributed by atoms with van der Waals surface area (Å²) in [6, 6.07) is 0. The van der Waals surface area contributed by atoms with E-state index in [1.807, 2.05) is 13.2 Å². The van der Waals surface area contributed by atoms with Gasteiger partial charge in [0.2, 0.25) is 0 Å². The van der Waals surface area contributed by atoms with E-state index in [1.54, 1.807) is 18.9 Å². The molecule has 0 spiro atoms. The number of halogens is 3. The van der Waals surface area contributed by atoms with E-state index in [0.29, 0.717) is 29.9 Å². The van der Waals surface area contributed by atoms with Crippen LogP contribution in [0.5, 0.6) is 0 Å². The molecule has 2 N–H and O–H groups in total.